The molecular formula is C24H27NO4. The van der Waals surface area contributed by atoms with Crippen molar-refractivity contribution in [1.82, 2.24) is 4.90 Å². The SMILES string of the molecule is CCOC(=O)C1CCCN(C(=O)/C=C/c2cccc(OCc3ccccc3)c2)C1. The van der Waals surface area contributed by atoms with Gasteiger partial charge in [0.2, 0.25) is 5.91 Å². The molecule has 1 aliphatic heterocycles. The average molecular weight is 393 g/mol. The van der Waals surface area contributed by atoms with Gasteiger partial charge in [0.05, 0.1) is 12.5 Å². The quantitative estimate of drug-likeness (QED) is 0.525. The van der Waals surface area contributed by atoms with Gasteiger partial charge in [-0.2, -0.15) is 0 Å². The third-order valence-corrected chi connectivity index (χ3v) is 4.88. The Morgan fingerprint density at radius 3 is 2.76 bits per heavy atom. The Balaban J connectivity index is 1.56. The molecule has 0 radical (unpaired) electrons. The molecule has 1 fully saturated rings. The molecule has 1 atom stereocenters. The van der Waals surface area contributed by atoms with Crippen LogP contribution in [-0.4, -0.2) is 36.5 Å². The molecule has 2 aromatic carbocycles. The lowest BCUT2D eigenvalue weighted by Crippen LogP contribution is -2.42. The van der Waals surface area contributed by atoms with Gasteiger partial charge >= 0.3 is 5.97 Å². The average Bonchev–Trinajstić information content (AvgIpc) is 2.77. The standard InChI is InChI=1S/C24H27NO4/c1-2-28-24(27)21-11-7-15-25(17-21)23(26)14-13-19-10-6-12-22(16-19)29-18-20-8-4-3-5-9-20/h3-6,8-10,12-14,16,21H,2,7,11,15,17-18H2,1H3/b14-13+. The van der Waals surface area contributed by atoms with Crippen molar-refractivity contribution < 1.29 is 19.1 Å². The molecule has 0 aromatic heterocycles. The molecule has 0 bridgehead atoms. The summed E-state index contributed by atoms with van der Waals surface area (Å²) in [6, 6.07) is 17.6. The van der Waals surface area contributed by atoms with E-state index in [1.807, 2.05) is 54.6 Å². The van der Waals surface area contributed by atoms with Crippen LogP contribution < -0.4 is 4.74 Å². The van der Waals surface area contributed by atoms with Crippen molar-refractivity contribution in [2.45, 2.75) is 26.4 Å². The lowest BCUT2D eigenvalue weighted by Gasteiger charge is -2.30. The monoisotopic (exact) mass is 393 g/mol. The second kappa shape index (κ2) is 10.5. The molecule has 1 heterocycles. The minimum atomic E-state index is -0.226. The van der Waals surface area contributed by atoms with Crippen LogP contribution in [0.1, 0.15) is 30.9 Å². The fraction of sp³-hybridized carbons (Fsp3) is 0.333. The van der Waals surface area contributed by atoms with E-state index in [0.717, 1.165) is 29.7 Å². The number of hydrogen-bond acceptors (Lipinski definition) is 4. The van der Waals surface area contributed by atoms with E-state index >= 15 is 0 Å². The van der Waals surface area contributed by atoms with E-state index in [4.69, 9.17) is 9.47 Å². The summed E-state index contributed by atoms with van der Waals surface area (Å²) in [5.41, 5.74) is 1.99. The first-order valence-electron chi connectivity index (χ1n) is 10.1. The molecule has 5 nitrogen and oxygen atoms in total. The van der Waals surface area contributed by atoms with Gasteiger partial charge in [-0.05, 0) is 49.1 Å². The van der Waals surface area contributed by atoms with E-state index in [1.165, 1.54) is 0 Å². The summed E-state index contributed by atoms with van der Waals surface area (Å²) in [4.78, 5) is 26.2. The van der Waals surface area contributed by atoms with E-state index in [-0.39, 0.29) is 17.8 Å². The topological polar surface area (TPSA) is 55.8 Å². The number of esters is 1. The van der Waals surface area contributed by atoms with Crippen LogP contribution in [0.3, 0.4) is 0 Å². The van der Waals surface area contributed by atoms with Gasteiger partial charge < -0.3 is 14.4 Å². The molecule has 0 aliphatic carbocycles. The number of nitrogens with zero attached hydrogens (tertiary/aromatic N) is 1. The van der Waals surface area contributed by atoms with E-state index in [9.17, 15) is 9.59 Å². The molecule has 152 valence electrons. The predicted molar refractivity (Wildman–Crippen MR) is 112 cm³/mol. The molecule has 1 unspecified atom stereocenters. The first kappa shape index (κ1) is 20.6. The van der Waals surface area contributed by atoms with Crippen molar-refractivity contribution in [1.29, 1.82) is 0 Å². The van der Waals surface area contributed by atoms with Crippen molar-refractivity contribution in [3.05, 3.63) is 71.8 Å². The number of carbonyl (C=O) groups excluding carboxylic acids is 2. The highest BCUT2D eigenvalue weighted by molar-refractivity contribution is 5.92. The van der Waals surface area contributed by atoms with Crippen molar-refractivity contribution in [2.24, 2.45) is 5.92 Å². The Bertz CT molecular complexity index is 847. The van der Waals surface area contributed by atoms with E-state index in [1.54, 1.807) is 24.0 Å². The van der Waals surface area contributed by atoms with Crippen LogP contribution in [-0.2, 0) is 20.9 Å². The van der Waals surface area contributed by atoms with Gasteiger partial charge in [0, 0.05) is 19.2 Å². The molecular weight excluding hydrogens is 366 g/mol. The molecule has 0 saturated carbocycles. The van der Waals surface area contributed by atoms with Crippen LogP contribution in [0.5, 0.6) is 5.75 Å². The second-order valence-corrected chi connectivity index (χ2v) is 7.06. The summed E-state index contributed by atoms with van der Waals surface area (Å²) in [5.74, 6) is 0.228. The summed E-state index contributed by atoms with van der Waals surface area (Å²) in [6.07, 6.45) is 4.93. The van der Waals surface area contributed by atoms with Crippen LogP contribution in [0.4, 0.5) is 0 Å². The number of amides is 1. The summed E-state index contributed by atoms with van der Waals surface area (Å²) in [6.45, 7) is 3.74. The number of likely N-dealkylation sites (tertiary alicyclic amines) is 1. The van der Waals surface area contributed by atoms with Gasteiger partial charge in [-0.1, -0.05) is 42.5 Å². The van der Waals surface area contributed by atoms with Crippen LogP contribution in [0.15, 0.2) is 60.7 Å². The van der Waals surface area contributed by atoms with Crippen molar-refractivity contribution in [2.75, 3.05) is 19.7 Å². The highest BCUT2D eigenvalue weighted by atomic mass is 16.5. The maximum absolute atomic E-state index is 12.5. The van der Waals surface area contributed by atoms with Crippen molar-refractivity contribution >= 4 is 18.0 Å². The number of rotatable bonds is 7. The number of hydrogen-bond donors (Lipinski definition) is 0. The Labute approximate surface area is 171 Å². The lowest BCUT2D eigenvalue weighted by atomic mass is 9.98. The van der Waals surface area contributed by atoms with Gasteiger partial charge in [-0.3, -0.25) is 9.59 Å². The molecule has 29 heavy (non-hydrogen) atoms. The number of ether oxygens (including phenoxy) is 2. The maximum Gasteiger partial charge on any atom is 0.310 e. The van der Waals surface area contributed by atoms with Crippen LogP contribution in [0.25, 0.3) is 6.08 Å². The fourth-order valence-electron chi connectivity index (χ4n) is 3.35. The van der Waals surface area contributed by atoms with Gasteiger partial charge in [-0.25, -0.2) is 0 Å². The van der Waals surface area contributed by atoms with Gasteiger partial charge in [0.1, 0.15) is 12.4 Å². The van der Waals surface area contributed by atoms with Crippen molar-refractivity contribution in [3.63, 3.8) is 0 Å². The molecule has 1 saturated heterocycles. The molecule has 2 aromatic rings. The highest BCUT2D eigenvalue weighted by Gasteiger charge is 2.28. The smallest absolute Gasteiger partial charge is 0.310 e. The van der Waals surface area contributed by atoms with Gasteiger partial charge in [-0.15, -0.1) is 0 Å². The summed E-state index contributed by atoms with van der Waals surface area (Å²) < 4.78 is 10.9. The first-order valence-corrected chi connectivity index (χ1v) is 10.1. The lowest BCUT2D eigenvalue weighted by molar-refractivity contribution is -0.150. The van der Waals surface area contributed by atoms with E-state index in [0.29, 0.717) is 26.3 Å². The summed E-state index contributed by atoms with van der Waals surface area (Å²) in [5, 5.41) is 0. The Morgan fingerprint density at radius 1 is 1.14 bits per heavy atom. The molecule has 1 aliphatic rings. The number of carbonyl (C=O) groups is 2. The van der Waals surface area contributed by atoms with E-state index in [2.05, 4.69) is 0 Å². The van der Waals surface area contributed by atoms with Crippen LogP contribution in [0.2, 0.25) is 0 Å². The Kier molecular flexibility index (Phi) is 7.45. The summed E-state index contributed by atoms with van der Waals surface area (Å²) in [7, 11) is 0. The zero-order valence-electron chi connectivity index (χ0n) is 16.8. The van der Waals surface area contributed by atoms with Crippen LogP contribution in [0, 0.1) is 5.92 Å². The van der Waals surface area contributed by atoms with Crippen molar-refractivity contribution in [3.8, 4) is 5.75 Å². The Hall–Kier alpha value is -3.08. The highest BCUT2D eigenvalue weighted by Crippen LogP contribution is 2.19. The summed E-state index contributed by atoms with van der Waals surface area (Å²) >= 11 is 0. The molecule has 0 N–H and O–H groups in total. The van der Waals surface area contributed by atoms with Gasteiger partial charge in [0.15, 0.2) is 0 Å². The normalized spacial score (nSPS) is 16.6. The third kappa shape index (κ3) is 6.21. The third-order valence-electron chi connectivity index (χ3n) is 4.88. The number of benzene rings is 2. The van der Waals surface area contributed by atoms with Gasteiger partial charge in [0.25, 0.3) is 0 Å². The molecule has 5 heteroatoms. The molecule has 3 rings (SSSR count). The largest absolute Gasteiger partial charge is 0.489 e. The number of piperidine rings is 1. The molecule has 1 amide bonds. The van der Waals surface area contributed by atoms with Crippen LogP contribution >= 0.6 is 0 Å². The predicted octanol–water partition coefficient (Wildman–Crippen LogP) is 4.08. The first-order chi connectivity index (χ1) is 14.2. The maximum atomic E-state index is 12.5. The minimum Gasteiger partial charge on any atom is -0.489 e. The zero-order chi connectivity index (χ0) is 20.5. The Morgan fingerprint density at radius 2 is 1.97 bits per heavy atom. The minimum absolute atomic E-state index is 0.0883. The fourth-order valence-corrected chi connectivity index (χ4v) is 3.35. The molecule has 0 spiro atoms. The zero-order valence-corrected chi connectivity index (χ0v) is 16.8. The van der Waals surface area contributed by atoms with E-state index < -0.39 is 0 Å². The second-order valence-electron chi connectivity index (χ2n) is 7.06.